The van der Waals surface area contributed by atoms with Crippen molar-refractivity contribution < 1.29 is 13.6 Å². The number of nitrogens with zero attached hydrogens (tertiary/aromatic N) is 1. The molecule has 158 valence electrons. The van der Waals surface area contributed by atoms with Crippen LogP contribution < -0.4 is 10.9 Å². The molecule has 2 amide bonds. The maximum absolute atomic E-state index is 14.3. The summed E-state index contributed by atoms with van der Waals surface area (Å²) in [5, 5.41) is 3.03. The van der Waals surface area contributed by atoms with Crippen molar-refractivity contribution in [2.24, 2.45) is 5.92 Å². The molecule has 5 nitrogen and oxygen atoms in total. The predicted octanol–water partition coefficient (Wildman–Crippen LogP) is 5.71. The largest absolute Gasteiger partial charge is 0.328 e. The first kappa shape index (κ1) is 21.8. The summed E-state index contributed by atoms with van der Waals surface area (Å²) < 4.78 is 27.7. The Balaban J connectivity index is 1.99. The van der Waals surface area contributed by atoms with E-state index in [-0.39, 0.29) is 16.3 Å². The number of carbonyl (C=O) groups excluding carboxylic acids is 1. The van der Waals surface area contributed by atoms with Gasteiger partial charge in [0.05, 0.1) is 16.5 Å². The van der Waals surface area contributed by atoms with Crippen molar-refractivity contribution in [1.29, 1.82) is 0 Å². The summed E-state index contributed by atoms with van der Waals surface area (Å²) in [6.07, 6.45) is 1.50. The SMILES string of the molecule is CC(C)CN(C(=O)Nc1ccc(F)c(Cl)c1)[C@@H](C)c1c[nH]c(=O)c2c(F)cccc12. The molecule has 0 aliphatic heterocycles. The van der Waals surface area contributed by atoms with Crippen LogP contribution in [0.1, 0.15) is 32.4 Å². The number of pyridine rings is 1. The van der Waals surface area contributed by atoms with Gasteiger partial charge in [-0.25, -0.2) is 13.6 Å². The second-order valence-corrected chi connectivity index (χ2v) is 7.92. The molecule has 3 aromatic rings. The Labute approximate surface area is 177 Å². The molecule has 0 radical (unpaired) electrons. The first-order chi connectivity index (χ1) is 14.2. The van der Waals surface area contributed by atoms with Crippen molar-refractivity contribution in [3.8, 4) is 0 Å². The van der Waals surface area contributed by atoms with Gasteiger partial charge in [0.2, 0.25) is 0 Å². The van der Waals surface area contributed by atoms with E-state index in [1.807, 2.05) is 13.8 Å². The normalized spacial score (nSPS) is 12.2. The number of hydrogen-bond donors (Lipinski definition) is 2. The lowest BCUT2D eigenvalue weighted by atomic mass is 10.0. The van der Waals surface area contributed by atoms with Gasteiger partial charge in [0, 0.05) is 18.4 Å². The van der Waals surface area contributed by atoms with Crippen LogP contribution in [0, 0.1) is 17.6 Å². The number of urea groups is 1. The molecule has 0 saturated carbocycles. The molecule has 2 aromatic carbocycles. The highest BCUT2D eigenvalue weighted by Crippen LogP contribution is 2.29. The van der Waals surface area contributed by atoms with Crippen molar-refractivity contribution in [2.45, 2.75) is 26.8 Å². The molecular formula is C22H22ClF2N3O2. The second kappa shape index (κ2) is 8.83. The highest BCUT2D eigenvalue weighted by Gasteiger charge is 2.25. The molecule has 30 heavy (non-hydrogen) atoms. The zero-order valence-electron chi connectivity index (χ0n) is 16.8. The van der Waals surface area contributed by atoms with E-state index in [1.54, 1.807) is 17.9 Å². The molecule has 0 saturated heterocycles. The van der Waals surface area contributed by atoms with Gasteiger partial charge in [-0.1, -0.05) is 37.6 Å². The molecule has 0 fully saturated rings. The molecule has 2 N–H and O–H groups in total. The number of carbonyl (C=O) groups is 1. The molecule has 1 atom stereocenters. The van der Waals surface area contributed by atoms with Gasteiger partial charge in [0.15, 0.2) is 0 Å². The smallest absolute Gasteiger partial charge is 0.322 e. The fourth-order valence-electron chi connectivity index (χ4n) is 3.38. The molecule has 0 aliphatic rings. The number of fused-ring (bicyclic) bond motifs is 1. The molecule has 1 aromatic heterocycles. The minimum absolute atomic E-state index is 0.0444. The van der Waals surface area contributed by atoms with Gasteiger partial charge in [0.25, 0.3) is 5.56 Å². The number of aromatic nitrogens is 1. The van der Waals surface area contributed by atoms with Gasteiger partial charge in [-0.05, 0) is 48.1 Å². The lowest BCUT2D eigenvalue weighted by Crippen LogP contribution is -2.39. The number of H-pyrrole nitrogens is 1. The Hall–Kier alpha value is -2.93. The van der Waals surface area contributed by atoms with Gasteiger partial charge < -0.3 is 15.2 Å². The van der Waals surface area contributed by atoms with E-state index in [2.05, 4.69) is 10.3 Å². The van der Waals surface area contributed by atoms with Crippen LogP contribution in [-0.2, 0) is 0 Å². The summed E-state index contributed by atoms with van der Waals surface area (Å²) in [5.41, 5.74) is 0.432. The fraction of sp³-hybridized carbons (Fsp3) is 0.273. The summed E-state index contributed by atoms with van der Waals surface area (Å²) in [6.45, 7) is 6.13. The summed E-state index contributed by atoms with van der Waals surface area (Å²) in [7, 11) is 0. The van der Waals surface area contributed by atoms with Crippen LogP contribution in [0.3, 0.4) is 0 Å². The van der Waals surface area contributed by atoms with Crippen molar-refractivity contribution >= 4 is 34.1 Å². The number of rotatable bonds is 5. The van der Waals surface area contributed by atoms with Gasteiger partial charge in [-0.2, -0.15) is 0 Å². The number of nitrogens with one attached hydrogen (secondary N) is 2. The van der Waals surface area contributed by atoms with Crippen LogP contribution in [0.5, 0.6) is 0 Å². The number of amides is 2. The average molecular weight is 434 g/mol. The third-order valence-electron chi connectivity index (χ3n) is 4.82. The Morgan fingerprint density at radius 2 is 1.90 bits per heavy atom. The number of halogens is 3. The maximum Gasteiger partial charge on any atom is 0.322 e. The molecule has 0 aliphatic carbocycles. The van der Waals surface area contributed by atoms with Crippen LogP contribution in [0.25, 0.3) is 10.8 Å². The van der Waals surface area contributed by atoms with E-state index >= 15 is 0 Å². The Bertz CT molecular complexity index is 1150. The van der Waals surface area contributed by atoms with E-state index < -0.39 is 29.3 Å². The fourth-order valence-corrected chi connectivity index (χ4v) is 3.56. The number of hydrogen-bond acceptors (Lipinski definition) is 2. The van der Waals surface area contributed by atoms with Gasteiger partial charge in [0.1, 0.15) is 11.6 Å². The molecular weight excluding hydrogens is 412 g/mol. The maximum atomic E-state index is 14.3. The van der Waals surface area contributed by atoms with Crippen LogP contribution >= 0.6 is 11.6 Å². The summed E-state index contributed by atoms with van der Waals surface area (Å²) in [6, 6.07) is 7.43. The van der Waals surface area contributed by atoms with E-state index in [1.165, 1.54) is 36.5 Å². The lowest BCUT2D eigenvalue weighted by Gasteiger charge is -2.31. The number of aromatic amines is 1. The van der Waals surface area contributed by atoms with Crippen LogP contribution in [0.2, 0.25) is 5.02 Å². The van der Waals surface area contributed by atoms with Crippen molar-refractivity contribution in [2.75, 3.05) is 11.9 Å². The van der Waals surface area contributed by atoms with Gasteiger partial charge >= 0.3 is 6.03 Å². The van der Waals surface area contributed by atoms with E-state index in [4.69, 9.17) is 11.6 Å². The Morgan fingerprint density at radius 3 is 2.57 bits per heavy atom. The molecule has 8 heteroatoms. The topological polar surface area (TPSA) is 65.2 Å². The molecule has 3 rings (SSSR count). The highest BCUT2D eigenvalue weighted by atomic mass is 35.5. The Kier molecular flexibility index (Phi) is 6.41. The van der Waals surface area contributed by atoms with Gasteiger partial charge in [-0.15, -0.1) is 0 Å². The van der Waals surface area contributed by atoms with E-state index in [0.29, 0.717) is 23.2 Å². The molecule has 1 heterocycles. The summed E-state index contributed by atoms with van der Waals surface area (Å²) in [5.74, 6) is -1.06. The van der Waals surface area contributed by atoms with Crippen LogP contribution in [0.4, 0.5) is 19.3 Å². The third-order valence-corrected chi connectivity index (χ3v) is 5.11. The third kappa shape index (κ3) is 4.46. The minimum atomic E-state index is -0.622. The second-order valence-electron chi connectivity index (χ2n) is 7.52. The minimum Gasteiger partial charge on any atom is -0.328 e. The summed E-state index contributed by atoms with van der Waals surface area (Å²) >= 11 is 5.81. The van der Waals surface area contributed by atoms with Gasteiger partial charge in [-0.3, -0.25) is 4.79 Å². The monoisotopic (exact) mass is 433 g/mol. The number of anilines is 1. The first-order valence-corrected chi connectivity index (χ1v) is 9.89. The van der Waals surface area contributed by atoms with Crippen LogP contribution in [0.15, 0.2) is 47.4 Å². The zero-order valence-corrected chi connectivity index (χ0v) is 17.6. The summed E-state index contributed by atoms with van der Waals surface area (Å²) in [4.78, 5) is 29.3. The van der Waals surface area contributed by atoms with E-state index in [9.17, 15) is 18.4 Å². The van der Waals surface area contributed by atoms with Crippen molar-refractivity contribution in [1.82, 2.24) is 9.88 Å². The lowest BCUT2D eigenvalue weighted by molar-refractivity contribution is 0.184. The highest BCUT2D eigenvalue weighted by molar-refractivity contribution is 6.31. The van der Waals surface area contributed by atoms with Crippen molar-refractivity contribution in [3.05, 3.63) is 75.2 Å². The van der Waals surface area contributed by atoms with Crippen LogP contribution in [-0.4, -0.2) is 22.5 Å². The number of benzene rings is 2. The zero-order chi connectivity index (χ0) is 22.0. The molecule has 0 spiro atoms. The quantitative estimate of drug-likeness (QED) is 0.541. The van der Waals surface area contributed by atoms with E-state index in [0.717, 1.165) is 0 Å². The first-order valence-electron chi connectivity index (χ1n) is 9.51. The predicted molar refractivity (Wildman–Crippen MR) is 115 cm³/mol. The standard InChI is InChI=1S/C22H22ClF2N3O2/c1-12(2)11-28(22(30)27-14-7-8-18(24)17(23)9-14)13(3)16-10-26-21(29)20-15(16)5-4-6-19(20)25/h4-10,12-13H,11H2,1-3H3,(H,26,29)(H,27,30)/t13-/m0/s1. The Morgan fingerprint density at radius 1 is 1.17 bits per heavy atom. The average Bonchev–Trinajstić information content (AvgIpc) is 2.68. The molecule has 0 unspecified atom stereocenters. The molecule has 0 bridgehead atoms. The van der Waals surface area contributed by atoms with Crippen molar-refractivity contribution in [3.63, 3.8) is 0 Å².